The summed E-state index contributed by atoms with van der Waals surface area (Å²) in [6, 6.07) is 8.10. The summed E-state index contributed by atoms with van der Waals surface area (Å²) < 4.78 is 0. The monoisotopic (exact) mass is 366 g/mol. The van der Waals surface area contributed by atoms with Gasteiger partial charge < -0.3 is 32.3 Å². The lowest BCUT2D eigenvalue weighted by atomic mass is 10.2. The highest BCUT2D eigenvalue weighted by Crippen LogP contribution is 2.17. The van der Waals surface area contributed by atoms with Gasteiger partial charge in [0.1, 0.15) is 6.20 Å². The lowest BCUT2D eigenvalue weighted by molar-refractivity contribution is -0.557. The van der Waals surface area contributed by atoms with Gasteiger partial charge in [0.05, 0.1) is 19.9 Å². The fourth-order valence-electron chi connectivity index (χ4n) is 2.39. The Morgan fingerprint density at radius 2 is 1.65 bits per heavy atom. The van der Waals surface area contributed by atoms with Crippen molar-refractivity contribution in [1.82, 2.24) is 9.80 Å². The Labute approximate surface area is 159 Å². The van der Waals surface area contributed by atoms with E-state index in [0.29, 0.717) is 6.67 Å². The Morgan fingerprint density at radius 3 is 2.12 bits per heavy atom. The molecule has 1 aliphatic heterocycles. The highest BCUT2D eigenvalue weighted by Gasteiger charge is 2.15. The van der Waals surface area contributed by atoms with Crippen molar-refractivity contribution in [1.29, 1.82) is 0 Å². The van der Waals surface area contributed by atoms with Gasteiger partial charge in [0.2, 0.25) is 0 Å². The number of nitrogens with zero attached hydrogens (tertiary/aromatic N) is 3. The van der Waals surface area contributed by atoms with Gasteiger partial charge in [0, 0.05) is 57.7 Å². The standard InChI is InChI=1S/C12H20N4.C5H13N3.C2H6/c13-5-6-15-7-9-16(10-8-15)12-3-1-11(14)2-4-12;1-7-3-4-8(2)5-6;1-2/h1-4H,5-10,13-14H2;3-4,7H,5-6H2,1-2H3;1-2H3/p+1/b;4-3-;. The zero-order valence-electron chi connectivity index (χ0n) is 17.1. The molecule has 0 atom stereocenters. The number of benzene rings is 1. The topological polar surface area (TPSA) is 104 Å². The summed E-state index contributed by atoms with van der Waals surface area (Å²) in [7, 11) is 3.90. The van der Waals surface area contributed by atoms with Crippen LogP contribution in [0.4, 0.5) is 11.4 Å². The number of nitrogen functional groups attached to an aromatic ring is 1. The first kappa shape index (κ1) is 24.2. The summed E-state index contributed by atoms with van der Waals surface area (Å²) in [6.45, 7) is 10.7. The first-order chi connectivity index (χ1) is 12.6. The van der Waals surface area contributed by atoms with Crippen molar-refractivity contribution >= 4 is 11.4 Å². The van der Waals surface area contributed by atoms with Crippen molar-refractivity contribution in [2.45, 2.75) is 13.8 Å². The van der Waals surface area contributed by atoms with Crippen LogP contribution in [-0.2, 0) is 0 Å². The first-order valence-electron chi connectivity index (χ1n) is 9.50. The minimum atomic E-state index is 0.574. The summed E-state index contributed by atoms with van der Waals surface area (Å²) in [5, 5.41) is 1.96. The molecule has 26 heavy (non-hydrogen) atoms. The molecule has 0 saturated carbocycles. The Bertz CT molecular complexity index is 453. The first-order valence-corrected chi connectivity index (χ1v) is 9.50. The number of nitrogens with two attached hydrogens (primary N) is 4. The number of hydrogen-bond donors (Lipinski definition) is 4. The maximum absolute atomic E-state index is 5.68. The maximum atomic E-state index is 5.68. The minimum absolute atomic E-state index is 0.574. The summed E-state index contributed by atoms with van der Waals surface area (Å²) in [5.74, 6) is 0. The second-order valence-corrected chi connectivity index (χ2v) is 5.82. The largest absolute Gasteiger partial charge is 0.399 e. The van der Waals surface area contributed by atoms with Gasteiger partial charge in [-0.3, -0.25) is 4.90 Å². The molecule has 1 aromatic rings. The summed E-state index contributed by atoms with van der Waals surface area (Å²) in [4.78, 5) is 6.71. The minimum Gasteiger partial charge on any atom is -0.399 e. The molecule has 1 saturated heterocycles. The SMILES string of the molecule is CC.C[NH2+]/C=C\N(C)CN.NCCN1CCN(c2ccc(N)cc2)CC1. The quantitative estimate of drug-likeness (QED) is 0.413. The molecule has 0 aliphatic carbocycles. The molecule has 1 aliphatic rings. The van der Waals surface area contributed by atoms with Gasteiger partial charge in [-0.2, -0.15) is 0 Å². The predicted molar refractivity (Wildman–Crippen MR) is 114 cm³/mol. The maximum Gasteiger partial charge on any atom is 0.108 e. The van der Waals surface area contributed by atoms with Crippen LogP contribution in [0.15, 0.2) is 36.7 Å². The fourth-order valence-corrected chi connectivity index (χ4v) is 2.39. The highest BCUT2D eigenvalue weighted by atomic mass is 15.3. The van der Waals surface area contributed by atoms with E-state index in [0.717, 1.165) is 45.0 Å². The Hall–Kier alpha value is -1.80. The third-order valence-electron chi connectivity index (χ3n) is 3.90. The van der Waals surface area contributed by atoms with Crippen molar-refractivity contribution < 1.29 is 5.32 Å². The summed E-state index contributed by atoms with van der Waals surface area (Å²) >= 11 is 0. The van der Waals surface area contributed by atoms with Gasteiger partial charge in [-0.15, -0.1) is 0 Å². The van der Waals surface area contributed by atoms with Crippen LogP contribution in [0.3, 0.4) is 0 Å². The molecular weight excluding hydrogens is 326 g/mol. The smallest absolute Gasteiger partial charge is 0.108 e. The van der Waals surface area contributed by atoms with Crippen LogP contribution >= 0.6 is 0 Å². The number of anilines is 2. The molecular formula is C19H40N7+. The van der Waals surface area contributed by atoms with E-state index in [2.05, 4.69) is 21.9 Å². The van der Waals surface area contributed by atoms with Crippen molar-refractivity contribution in [3.63, 3.8) is 0 Å². The second-order valence-electron chi connectivity index (χ2n) is 5.82. The predicted octanol–water partition coefficient (Wildman–Crippen LogP) is -0.125. The highest BCUT2D eigenvalue weighted by molar-refractivity contribution is 5.53. The third-order valence-corrected chi connectivity index (χ3v) is 3.90. The van der Waals surface area contributed by atoms with E-state index in [4.69, 9.17) is 17.2 Å². The van der Waals surface area contributed by atoms with Crippen molar-refractivity contribution in [2.24, 2.45) is 11.5 Å². The molecule has 0 amide bonds. The zero-order valence-corrected chi connectivity index (χ0v) is 17.1. The van der Waals surface area contributed by atoms with E-state index in [9.17, 15) is 0 Å². The van der Waals surface area contributed by atoms with E-state index in [1.807, 2.05) is 62.7 Å². The van der Waals surface area contributed by atoms with E-state index in [1.165, 1.54) is 5.69 Å². The fraction of sp³-hybridized carbons (Fsp3) is 0.579. The molecule has 7 heteroatoms. The van der Waals surface area contributed by atoms with Crippen LogP contribution < -0.4 is 27.4 Å². The van der Waals surface area contributed by atoms with Gasteiger partial charge >= 0.3 is 0 Å². The van der Waals surface area contributed by atoms with Gasteiger partial charge in [0.15, 0.2) is 0 Å². The Balaban J connectivity index is 0.000000533. The molecule has 150 valence electrons. The number of quaternary nitrogens is 1. The Morgan fingerprint density at radius 1 is 1.08 bits per heavy atom. The lowest BCUT2D eigenvalue weighted by Crippen LogP contribution is -2.72. The number of rotatable bonds is 6. The molecule has 8 N–H and O–H groups in total. The van der Waals surface area contributed by atoms with Crippen molar-refractivity contribution in [3.8, 4) is 0 Å². The lowest BCUT2D eigenvalue weighted by Gasteiger charge is -2.35. The normalized spacial score (nSPS) is 14.3. The van der Waals surface area contributed by atoms with Gasteiger partial charge in [-0.25, -0.2) is 0 Å². The van der Waals surface area contributed by atoms with Crippen LogP contribution in [0.1, 0.15) is 13.8 Å². The van der Waals surface area contributed by atoms with Gasteiger partial charge in [-0.05, 0) is 24.3 Å². The van der Waals surface area contributed by atoms with Crippen molar-refractivity contribution in [3.05, 3.63) is 36.7 Å². The average Bonchev–Trinajstić information content (AvgIpc) is 2.69. The van der Waals surface area contributed by atoms with Crippen molar-refractivity contribution in [2.75, 3.05) is 70.7 Å². The van der Waals surface area contributed by atoms with Gasteiger partial charge in [0.25, 0.3) is 0 Å². The second kappa shape index (κ2) is 15.5. The molecule has 0 unspecified atom stereocenters. The molecule has 0 radical (unpaired) electrons. The van der Waals surface area contributed by atoms with Gasteiger partial charge in [-0.1, -0.05) is 13.8 Å². The molecule has 7 nitrogen and oxygen atoms in total. The van der Waals surface area contributed by atoms with Crippen LogP contribution in [0.5, 0.6) is 0 Å². The Kier molecular flexibility index (Phi) is 14.4. The molecule has 1 aromatic carbocycles. The average molecular weight is 367 g/mol. The summed E-state index contributed by atoms with van der Waals surface area (Å²) in [5.41, 5.74) is 18.6. The molecule has 1 fully saturated rings. The zero-order chi connectivity index (χ0) is 19.8. The molecule has 0 aromatic heterocycles. The number of hydrogen-bond acceptors (Lipinski definition) is 6. The number of piperazine rings is 1. The van der Waals surface area contributed by atoms with Crippen LogP contribution in [0.2, 0.25) is 0 Å². The van der Waals surface area contributed by atoms with Crippen LogP contribution in [-0.4, -0.2) is 69.8 Å². The van der Waals surface area contributed by atoms with E-state index < -0.39 is 0 Å². The molecule has 0 bridgehead atoms. The summed E-state index contributed by atoms with van der Waals surface area (Å²) in [6.07, 6.45) is 3.88. The van der Waals surface area contributed by atoms with E-state index >= 15 is 0 Å². The third kappa shape index (κ3) is 10.2. The molecule has 2 rings (SSSR count). The molecule has 1 heterocycles. The van der Waals surface area contributed by atoms with E-state index in [-0.39, 0.29) is 0 Å². The van der Waals surface area contributed by atoms with Crippen LogP contribution in [0.25, 0.3) is 0 Å². The van der Waals surface area contributed by atoms with Crippen LogP contribution in [0, 0.1) is 0 Å². The van der Waals surface area contributed by atoms with E-state index in [1.54, 1.807) is 0 Å². The molecule has 0 spiro atoms.